The van der Waals surface area contributed by atoms with Crippen molar-refractivity contribution in [3.63, 3.8) is 0 Å². The van der Waals surface area contributed by atoms with Crippen LogP contribution in [0.4, 0.5) is 0 Å². The van der Waals surface area contributed by atoms with Gasteiger partial charge >= 0.3 is 0 Å². The molecule has 8 heteroatoms. The Hall–Kier alpha value is -0.510. The summed E-state index contributed by atoms with van der Waals surface area (Å²) >= 11 is 6.13. The first-order valence-corrected chi connectivity index (χ1v) is 10.5. The number of guanidine groups is 1. The third-order valence-electron chi connectivity index (χ3n) is 6.09. The van der Waals surface area contributed by atoms with Crippen molar-refractivity contribution in [2.45, 2.75) is 44.2 Å². The van der Waals surface area contributed by atoms with Gasteiger partial charge in [-0.3, -0.25) is 9.89 Å². The molecule has 6 nitrogen and oxygen atoms in total. The first-order valence-electron chi connectivity index (χ1n) is 10.1. The molecule has 3 rings (SSSR count). The molecule has 1 saturated carbocycles. The van der Waals surface area contributed by atoms with E-state index in [4.69, 9.17) is 16.3 Å². The molecule has 1 aliphatic carbocycles. The maximum Gasteiger partial charge on any atom is 0.193 e. The van der Waals surface area contributed by atoms with Crippen LogP contribution in [0.15, 0.2) is 17.3 Å². The van der Waals surface area contributed by atoms with Crippen LogP contribution in [-0.4, -0.2) is 72.8 Å². The average Bonchev–Trinajstić information content (AvgIpc) is 3.00. The Morgan fingerprint density at radius 1 is 1.29 bits per heavy atom. The molecule has 0 spiro atoms. The van der Waals surface area contributed by atoms with Gasteiger partial charge in [0, 0.05) is 58.2 Å². The number of nitrogens with zero attached hydrogens (tertiary/aromatic N) is 4. The number of aromatic nitrogens is 1. The van der Waals surface area contributed by atoms with Gasteiger partial charge in [0.15, 0.2) is 5.96 Å². The minimum atomic E-state index is 0. The minimum Gasteiger partial charge on any atom is -0.379 e. The summed E-state index contributed by atoms with van der Waals surface area (Å²) in [6.45, 7) is 5.50. The van der Waals surface area contributed by atoms with Crippen LogP contribution in [-0.2, 0) is 18.3 Å². The Morgan fingerprint density at radius 3 is 2.54 bits per heavy atom. The molecule has 0 radical (unpaired) electrons. The maximum atomic E-state index is 6.13. The van der Waals surface area contributed by atoms with Gasteiger partial charge in [-0.15, -0.1) is 24.0 Å². The number of aryl methyl sites for hydroxylation is 1. The van der Waals surface area contributed by atoms with Crippen LogP contribution in [0.5, 0.6) is 0 Å². The van der Waals surface area contributed by atoms with Gasteiger partial charge < -0.3 is 19.5 Å². The van der Waals surface area contributed by atoms with Crippen molar-refractivity contribution in [2.24, 2.45) is 12.0 Å². The summed E-state index contributed by atoms with van der Waals surface area (Å²) in [4.78, 5) is 9.36. The molecule has 0 amide bonds. The second kappa shape index (κ2) is 11.0. The van der Waals surface area contributed by atoms with Crippen molar-refractivity contribution in [1.82, 2.24) is 19.7 Å². The van der Waals surface area contributed by atoms with E-state index in [0.717, 1.165) is 50.4 Å². The number of hydrogen-bond acceptors (Lipinski definition) is 3. The molecule has 160 valence electrons. The first kappa shape index (κ1) is 23.8. The highest BCUT2D eigenvalue weighted by Crippen LogP contribution is 2.34. The van der Waals surface area contributed by atoms with E-state index in [0.29, 0.717) is 0 Å². The molecule has 0 aromatic carbocycles. The zero-order valence-corrected chi connectivity index (χ0v) is 20.5. The first-order chi connectivity index (χ1) is 13.0. The van der Waals surface area contributed by atoms with E-state index in [1.165, 1.54) is 37.8 Å². The van der Waals surface area contributed by atoms with E-state index < -0.39 is 0 Å². The van der Waals surface area contributed by atoms with Crippen molar-refractivity contribution >= 4 is 41.5 Å². The number of aliphatic imine (C=N–C) groups is 1. The molecule has 1 aromatic rings. The fourth-order valence-electron chi connectivity index (χ4n) is 4.52. The van der Waals surface area contributed by atoms with Crippen molar-refractivity contribution < 1.29 is 4.74 Å². The van der Waals surface area contributed by atoms with Crippen molar-refractivity contribution in [2.75, 3.05) is 46.9 Å². The molecule has 0 atom stereocenters. The Morgan fingerprint density at radius 2 is 1.96 bits per heavy atom. The molecular formula is C20H35ClIN5O. The van der Waals surface area contributed by atoms with Crippen molar-refractivity contribution in [1.29, 1.82) is 0 Å². The van der Waals surface area contributed by atoms with Crippen LogP contribution in [0.2, 0.25) is 5.02 Å². The molecule has 1 N–H and O–H groups in total. The second-order valence-electron chi connectivity index (χ2n) is 7.90. The topological polar surface area (TPSA) is 45.0 Å². The molecule has 1 aliphatic heterocycles. The Bertz CT molecular complexity index is 639. The summed E-state index contributed by atoms with van der Waals surface area (Å²) in [5, 5.41) is 4.45. The largest absolute Gasteiger partial charge is 0.379 e. The molecule has 28 heavy (non-hydrogen) atoms. The molecule has 2 fully saturated rings. The Balaban J connectivity index is 0.00000280. The van der Waals surface area contributed by atoms with Crippen LogP contribution in [0, 0.1) is 0 Å². The molecular weight excluding hydrogens is 489 g/mol. The van der Waals surface area contributed by atoms with Crippen LogP contribution in [0.3, 0.4) is 0 Å². The van der Waals surface area contributed by atoms with Gasteiger partial charge in [-0.05, 0) is 18.9 Å². The summed E-state index contributed by atoms with van der Waals surface area (Å²) < 4.78 is 7.66. The zero-order chi connectivity index (χ0) is 19.3. The fourth-order valence-corrected chi connectivity index (χ4v) is 4.79. The summed E-state index contributed by atoms with van der Waals surface area (Å²) in [6, 6.07) is 2.02. The highest BCUT2D eigenvalue weighted by Gasteiger charge is 2.38. The van der Waals surface area contributed by atoms with Gasteiger partial charge in [-0.2, -0.15) is 0 Å². The number of rotatable bonds is 5. The summed E-state index contributed by atoms with van der Waals surface area (Å²) in [6.07, 6.45) is 8.44. The van der Waals surface area contributed by atoms with Gasteiger partial charge in [0.1, 0.15) is 0 Å². The average molecular weight is 524 g/mol. The fraction of sp³-hybridized carbons (Fsp3) is 0.750. The highest BCUT2D eigenvalue weighted by atomic mass is 127. The molecule has 0 bridgehead atoms. The number of halogens is 2. The van der Waals surface area contributed by atoms with E-state index in [9.17, 15) is 0 Å². The number of hydrogen-bond donors (Lipinski definition) is 1. The minimum absolute atomic E-state index is 0. The van der Waals surface area contributed by atoms with Crippen molar-refractivity contribution in [3.8, 4) is 0 Å². The summed E-state index contributed by atoms with van der Waals surface area (Å²) in [7, 11) is 5.97. The lowest BCUT2D eigenvalue weighted by molar-refractivity contribution is -0.0354. The standard InChI is InChI=1S/C20H34ClN5O.HI/c1-22-19(25(3)15-18-13-17(21)14-24(18)2)23-16-20(7-5-4-6-8-20)26-9-11-27-12-10-26;/h13-14H,4-12,15-16H2,1-3H3,(H,22,23);1H. The lowest BCUT2D eigenvalue weighted by atomic mass is 9.80. The second-order valence-corrected chi connectivity index (χ2v) is 8.34. The third-order valence-corrected chi connectivity index (χ3v) is 6.30. The van der Waals surface area contributed by atoms with Crippen molar-refractivity contribution in [3.05, 3.63) is 23.0 Å². The van der Waals surface area contributed by atoms with Gasteiger partial charge in [-0.1, -0.05) is 30.9 Å². The van der Waals surface area contributed by atoms with E-state index in [-0.39, 0.29) is 29.5 Å². The smallest absolute Gasteiger partial charge is 0.193 e. The van der Waals surface area contributed by atoms with Gasteiger partial charge in [0.05, 0.1) is 24.8 Å². The molecule has 1 aromatic heterocycles. The predicted octanol–water partition coefficient (Wildman–Crippen LogP) is 3.34. The predicted molar refractivity (Wildman–Crippen MR) is 127 cm³/mol. The number of morpholine rings is 1. The maximum absolute atomic E-state index is 6.13. The number of ether oxygens (including phenoxy) is 1. The lowest BCUT2D eigenvalue weighted by Crippen LogP contribution is -2.60. The van der Waals surface area contributed by atoms with Crippen LogP contribution in [0.1, 0.15) is 37.8 Å². The number of nitrogens with one attached hydrogen (secondary N) is 1. The molecule has 2 heterocycles. The quantitative estimate of drug-likeness (QED) is 0.365. The molecule has 1 saturated heterocycles. The normalized spacial score (nSPS) is 20.5. The van der Waals surface area contributed by atoms with E-state index in [1.807, 2.05) is 26.4 Å². The highest BCUT2D eigenvalue weighted by molar-refractivity contribution is 14.0. The summed E-state index contributed by atoms with van der Waals surface area (Å²) in [5.74, 6) is 0.936. The van der Waals surface area contributed by atoms with Crippen LogP contribution < -0.4 is 5.32 Å². The summed E-state index contributed by atoms with van der Waals surface area (Å²) in [5.41, 5.74) is 1.40. The van der Waals surface area contributed by atoms with Gasteiger partial charge in [-0.25, -0.2) is 0 Å². The Labute approximate surface area is 191 Å². The van der Waals surface area contributed by atoms with E-state index in [2.05, 4.69) is 31.7 Å². The third kappa shape index (κ3) is 5.77. The van der Waals surface area contributed by atoms with E-state index in [1.54, 1.807) is 0 Å². The molecule has 2 aliphatic rings. The van der Waals surface area contributed by atoms with Crippen LogP contribution >= 0.6 is 35.6 Å². The Kier molecular flexibility index (Phi) is 9.37. The zero-order valence-electron chi connectivity index (χ0n) is 17.4. The van der Waals surface area contributed by atoms with E-state index >= 15 is 0 Å². The van der Waals surface area contributed by atoms with Crippen LogP contribution in [0.25, 0.3) is 0 Å². The van der Waals surface area contributed by atoms with Gasteiger partial charge in [0.2, 0.25) is 0 Å². The SMILES string of the molecule is CN=C(NCC1(N2CCOCC2)CCCCC1)N(C)Cc1cc(Cl)cn1C.I. The van der Waals surface area contributed by atoms with Gasteiger partial charge in [0.25, 0.3) is 0 Å². The molecule has 0 unspecified atom stereocenters. The lowest BCUT2D eigenvalue weighted by Gasteiger charge is -2.48. The monoisotopic (exact) mass is 523 g/mol.